The van der Waals surface area contributed by atoms with Crippen molar-refractivity contribution in [2.75, 3.05) is 19.5 Å². The predicted molar refractivity (Wildman–Crippen MR) is 128 cm³/mol. The van der Waals surface area contributed by atoms with Gasteiger partial charge in [0, 0.05) is 36.6 Å². The molecule has 0 spiro atoms. The minimum absolute atomic E-state index is 0.0630. The Morgan fingerprint density at radius 3 is 2.83 bits per heavy atom. The molecule has 0 atom stereocenters. The molecule has 1 amide bonds. The fourth-order valence-corrected chi connectivity index (χ4v) is 4.75. The number of nitrogens with one attached hydrogen (secondary N) is 2. The Morgan fingerprint density at radius 2 is 2.14 bits per heavy atom. The lowest BCUT2D eigenvalue weighted by molar-refractivity contribution is -0.00199. The van der Waals surface area contributed by atoms with Crippen molar-refractivity contribution in [1.29, 1.82) is 0 Å². The zero-order valence-corrected chi connectivity index (χ0v) is 19.9. The number of hydrogen-bond acceptors (Lipinski definition) is 7. The zero-order chi connectivity index (χ0) is 24.7. The van der Waals surface area contributed by atoms with Crippen molar-refractivity contribution in [3.05, 3.63) is 42.2 Å². The van der Waals surface area contributed by atoms with Crippen LogP contribution < -0.4 is 15.4 Å². The van der Waals surface area contributed by atoms with E-state index in [-0.39, 0.29) is 23.3 Å². The maximum Gasteiger partial charge on any atom is 0.269 e. The van der Waals surface area contributed by atoms with Gasteiger partial charge in [0.25, 0.3) is 5.91 Å². The molecule has 0 unspecified atom stereocenters. The van der Waals surface area contributed by atoms with Crippen LogP contribution in [-0.4, -0.2) is 60.8 Å². The second-order valence-electron chi connectivity index (χ2n) is 8.96. The van der Waals surface area contributed by atoms with E-state index in [4.69, 9.17) is 4.74 Å². The van der Waals surface area contributed by atoms with Gasteiger partial charge in [-0.05, 0) is 44.2 Å². The number of carbonyl (C=O) groups excluding carboxylic acids is 1. The first-order valence-electron chi connectivity index (χ1n) is 11.7. The molecule has 4 aromatic heterocycles. The van der Waals surface area contributed by atoms with Crippen molar-refractivity contribution >= 4 is 23.0 Å². The van der Waals surface area contributed by atoms with Gasteiger partial charge in [-0.3, -0.25) is 9.20 Å². The Morgan fingerprint density at radius 1 is 1.37 bits per heavy atom. The summed E-state index contributed by atoms with van der Waals surface area (Å²) in [5.74, 6) is -0.172. The summed E-state index contributed by atoms with van der Waals surface area (Å²) in [6.07, 6.45) is 8.61. The predicted octanol–water partition coefficient (Wildman–Crippen LogP) is 3.05. The zero-order valence-electron chi connectivity index (χ0n) is 19.9. The van der Waals surface area contributed by atoms with Crippen LogP contribution in [0.25, 0.3) is 22.3 Å². The molecule has 10 nitrogen and oxygen atoms in total. The van der Waals surface area contributed by atoms with E-state index in [1.54, 1.807) is 23.0 Å². The fraction of sp³-hybridized carbons (Fsp3) is 0.417. The smallest absolute Gasteiger partial charge is 0.269 e. The second-order valence-corrected chi connectivity index (χ2v) is 8.96. The van der Waals surface area contributed by atoms with Gasteiger partial charge >= 0.3 is 0 Å². The molecule has 5 rings (SSSR count). The molecule has 11 heteroatoms. The molecule has 35 heavy (non-hydrogen) atoms. The lowest BCUT2D eigenvalue weighted by atomic mass is 9.80. The number of nitrogens with zero attached hydrogens (tertiary/aromatic N) is 5. The highest BCUT2D eigenvalue weighted by Gasteiger charge is 2.32. The van der Waals surface area contributed by atoms with E-state index in [0.717, 1.165) is 32.1 Å². The van der Waals surface area contributed by atoms with E-state index >= 15 is 0 Å². The molecule has 184 valence electrons. The molecule has 0 bridgehead atoms. The van der Waals surface area contributed by atoms with E-state index in [2.05, 4.69) is 25.7 Å². The normalized spacial score (nSPS) is 20.3. The number of anilines is 1. The third kappa shape index (κ3) is 4.05. The van der Waals surface area contributed by atoms with E-state index < -0.39 is 11.4 Å². The van der Waals surface area contributed by atoms with Crippen molar-refractivity contribution in [3.63, 3.8) is 0 Å². The first-order chi connectivity index (χ1) is 16.9. The molecule has 0 aliphatic heterocycles. The number of rotatable bonds is 6. The minimum Gasteiger partial charge on any atom is -0.479 e. The van der Waals surface area contributed by atoms with Crippen LogP contribution in [0.4, 0.5) is 10.3 Å². The molecule has 1 saturated carbocycles. The van der Waals surface area contributed by atoms with Crippen LogP contribution in [0.1, 0.15) is 49.5 Å². The molecule has 0 radical (unpaired) electrons. The van der Waals surface area contributed by atoms with Crippen LogP contribution in [0.3, 0.4) is 0 Å². The standard InChI is InChI=1S/C24H28FN7O3/c1-4-24(34)8-5-15(6-9-24)28-23-29-22(35-3)19-16(7-10-32(19)30-23)14-11-17(25)20-27-12-18(21(33)26-2)31(20)13-14/h7,10-13,15,34H,4-6,8-9H2,1-3H3,(H,26,33)(H,28,30). The number of aliphatic hydroxyl groups is 1. The van der Waals surface area contributed by atoms with E-state index in [1.165, 1.54) is 30.8 Å². The molecular weight excluding hydrogens is 453 g/mol. The fourth-order valence-electron chi connectivity index (χ4n) is 4.75. The summed E-state index contributed by atoms with van der Waals surface area (Å²) in [5, 5.41) is 21.0. The summed E-state index contributed by atoms with van der Waals surface area (Å²) in [5.41, 5.74) is 1.45. The Labute approximate surface area is 201 Å². The number of aromatic nitrogens is 5. The molecule has 1 aliphatic rings. The van der Waals surface area contributed by atoms with Gasteiger partial charge in [-0.15, -0.1) is 5.10 Å². The summed E-state index contributed by atoms with van der Waals surface area (Å²) in [6, 6.07) is 3.32. The average molecular weight is 482 g/mol. The van der Waals surface area contributed by atoms with Gasteiger partial charge in [0.2, 0.25) is 11.8 Å². The van der Waals surface area contributed by atoms with Gasteiger partial charge in [0.15, 0.2) is 11.5 Å². The van der Waals surface area contributed by atoms with Crippen molar-refractivity contribution in [3.8, 4) is 17.0 Å². The number of halogens is 1. The van der Waals surface area contributed by atoms with Gasteiger partial charge in [-0.25, -0.2) is 13.9 Å². The molecule has 3 N–H and O–H groups in total. The molecule has 4 heterocycles. The number of methoxy groups -OCH3 is 1. The van der Waals surface area contributed by atoms with Crippen LogP contribution in [0.2, 0.25) is 0 Å². The lowest BCUT2D eigenvalue weighted by Gasteiger charge is -2.35. The highest BCUT2D eigenvalue weighted by Crippen LogP contribution is 2.34. The molecule has 1 fully saturated rings. The molecule has 1 aliphatic carbocycles. The van der Waals surface area contributed by atoms with Crippen molar-refractivity contribution < 1.29 is 19.0 Å². The first kappa shape index (κ1) is 23.0. The Bertz CT molecular complexity index is 1410. The monoisotopic (exact) mass is 481 g/mol. The lowest BCUT2D eigenvalue weighted by Crippen LogP contribution is -2.38. The number of pyridine rings is 1. The quantitative estimate of drug-likeness (QED) is 0.387. The summed E-state index contributed by atoms with van der Waals surface area (Å²) >= 11 is 0. The van der Waals surface area contributed by atoms with Crippen LogP contribution in [0, 0.1) is 5.82 Å². The van der Waals surface area contributed by atoms with Gasteiger partial charge in [-0.1, -0.05) is 6.92 Å². The van der Waals surface area contributed by atoms with E-state index in [1.807, 2.05) is 6.92 Å². The van der Waals surface area contributed by atoms with Crippen LogP contribution in [-0.2, 0) is 0 Å². The van der Waals surface area contributed by atoms with Gasteiger partial charge < -0.3 is 20.5 Å². The first-order valence-corrected chi connectivity index (χ1v) is 11.7. The van der Waals surface area contributed by atoms with Gasteiger partial charge in [-0.2, -0.15) is 4.98 Å². The third-order valence-electron chi connectivity index (χ3n) is 6.91. The summed E-state index contributed by atoms with van der Waals surface area (Å²) < 4.78 is 23.5. The summed E-state index contributed by atoms with van der Waals surface area (Å²) in [7, 11) is 3.03. The summed E-state index contributed by atoms with van der Waals surface area (Å²) in [4.78, 5) is 20.8. The van der Waals surface area contributed by atoms with E-state index in [0.29, 0.717) is 28.5 Å². The number of carbonyl (C=O) groups is 1. The van der Waals surface area contributed by atoms with Crippen LogP contribution >= 0.6 is 0 Å². The SMILES string of the molecule is CCC1(O)CCC(Nc2nc(OC)c3c(-c4cc(F)c5ncc(C(=O)NC)n5c4)ccn3n2)CC1. The van der Waals surface area contributed by atoms with Crippen molar-refractivity contribution in [2.45, 2.75) is 50.7 Å². The number of ether oxygens (including phenoxy) is 1. The average Bonchev–Trinajstić information content (AvgIpc) is 3.49. The van der Waals surface area contributed by atoms with Crippen molar-refractivity contribution in [2.24, 2.45) is 0 Å². The Balaban J connectivity index is 1.51. The van der Waals surface area contributed by atoms with Gasteiger partial charge in [0.05, 0.1) is 18.9 Å². The summed E-state index contributed by atoms with van der Waals surface area (Å²) in [6.45, 7) is 2.01. The van der Waals surface area contributed by atoms with Gasteiger partial charge in [0.1, 0.15) is 11.2 Å². The van der Waals surface area contributed by atoms with Crippen LogP contribution in [0.15, 0.2) is 30.7 Å². The molecule has 0 aromatic carbocycles. The highest BCUT2D eigenvalue weighted by atomic mass is 19.1. The molecular formula is C24H28FN7O3. The number of amides is 1. The maximum absolute atomic E-state index is 14.9. The third-order valence-corrected chi connectivity index (χ3v) is 6.91. The minimum atomic E-state index is -0.584. The highest BCUT2D eigenvalue weighted by molar-refractivity contribution is 5.93. The molecule has 0 saturated heterocycles. The number of fused-ring (bicyclic) bond motifs is 2. The number of hydrogen-bond donors (Lipinski definition) is 3. The largest absolute Gasteiger partial charge is 0.479 e. The Kier molecular flexibility index (Phi) is 5.79. The van der Waals surface area contributed by atoms with E-state index in [9.17, 15) is 14.3 Å². The second kappa shape index (κ2) is 8.81. The maximum atomic E-state index is 14.9. The number of imidazole rings is 1. The Hall–Kier alpha value is -3.73. The topological polar surface area (TPSA) is 118 Å². The van der Waals surface area contributed by atoms with Crippen molar-refractivity contribution in [1.82, 2.24) is 29.3 Å². The van der Waals surface area contributed by atoms with Crippen LogP contribution in [0.5, 0.6) is 5.88 Å². The molecule has 4 aromatic rings.